The van der Waals surface area contributed by atoms with Crippen LogP contribution in [0.2, 0.25) is 0 Å². The summed E-state index contributed by atoms with van der Waals surface area (Å²) in [6, 6.07) is 3.56. The molecule has 0 aliphatic carbocycles. The minimum absolute atomic E-state index is 0. The Bertz CT molecular complexity index is 626. The molecule has 0 spiro atoms. The number of piperazine rings is 1. The van der Waals surface area contributed by atoms with Gasteiger partial charge in [0.15, 0.2) is 0 Å². The summed E-state index contributed by atoms with van der Waals surface area (Å²) in [5.41, 5.74) is 0.765. The van der Waals surface area contributed by atoms with Gasteiger partial charge >= 0.3 is 6.18 Å². The molecule has 1 saturated heterocycles. The molecule has 6 nitrogen and oxygen atoms in total. The maximum Gasteiger partial charge on any atom is 0.405 e. The fourth-order valence-electron chi connectivity index (χ4n) is 3.07. The first-order valence-electron chi connectivity index (χ1n) is 8.84. The lowest BCUT2D eigenvalue weighted by molar-refractivity contribution is -0.184. The van der Waals surface area contributed by atoms with E-state index >= 15 is 0 Å². The molecule has 2 rings (SSSR count). The van der Waals surface area contributed by atoms with Gasteiger partial charge in [0.25, 0.3) is 0 Å². The van der Waals surface area contributed by atoms with E-state index in [0.29, 0.717) is 44.1 Å². The molecule has 0 radical (unpaired) electrons. The maximum absolute atomic E-state index is 13.3. The molecule has 0 saturated carbocycles. The molecule has 2 N–H and O–H groups in total. The lowest BCUT2D eigenvalue weighted by atomic mass is 10.1. The third-order valence-electron chi connectivity index (χ3n) is 4.57. The molecule has 0 bridgehead atoms. The van der Waals surface area contributed by atoms with E-state index in [1.165, 1.54) is 19.1 Å². The molecule has 28 heavy (non-hydrogen) atoms. The van der Waals surface area contributed by atoms with E-state index in [-0.39, 0.29) is 18.8 Å². The smallest absolute Gasteiger partial charge is 0.405 e. The lowest BCUT2D eigenvalue weighted by Gasteiger charge is -2.35. The van der Waals surface area contributed by atoms with Crippen LogP contribution in [-0.4, -0.2) is 70.0 Å². The van der Waals surface area contributed by atoms with Crippen LogP contribution in [0.15, 0.2) is 18.2 Å². The van der Waals surface area contributed by atoms with Crippen molar-refractivity contribution in [2.45, 2.75) is 25.1 Å². The summed E-state index contributed by atoms with van der Waals surface area (Å²) in [5, 5.41) is 5.46. The van der Waals surface area contributed by atoms with Crippen LogP contribution in [0.4, 0.5) is 13.2 Å². The predicted octanol–water partition coefficient (Wildman–Crippen LogP) is 2.01. The molecule has 1 fully saturated rings. The summed E-state index contributed by atoms with van der Waals surface area (Å²) in [7, 11) is 3.05. The van der Waals surface area contributed by atoms with Crippen molar-refractivity contribution >= 4 is 18.3 Å². The van der Waals surface area contributed by atoms with Crippen LogP contribution in [0.5, 0.6) is 11.5 Å². The van der Waals surface area contributed by atoms with E-state index < -0.39 is 24.7 Å². The second-order valence-corrected chi connectivity index (χ2v) is 6.33. The van der Waals surface area contributed by atoms with E-state index in [1.807, 2.05) is 0 Å². The Labute approximate surface area is 169 Å². The van der Waals surface area contributed by atoms with Crippen molar-refractivity contribution in [2.24, 2.45) is 0 Å². The number of benzene rings is 1. The minimum Gasteiger partial charge on any atom is -0.497 e. The van der Waals surface area contributed by atoms with E-state index in [1.54, 1.807) is 18.2 Å². The zero-order valence-corrected chi connectivity index (χ0v) is 16.8. The van der Waals surface area contributed by atoms with Crippen LogP contribution < -0.4 is 20.1 Å². The number of rotatable bonds is 8. The van der Waals surface area contributed by atoms with Gasteiger partial charge in [-0.25, -0.2) is 0 Å². The van der Waals surface area contributed by atoms with E-state index in [2.05, 4.69) is 10.6 Å². The van der Waals surface area contributed by atoms with Crippen LogP contribution >= 0.6 is 12.4 Å². The Morgan fingerprint density at radius 3 is 2.50 bits per heavy atom. The van der Waals surface area contributed by atoms with Crippen molar-refractivity contribution in [1.29, 1.82) is 0 Å². The Morgan fingerprint density at radius 2 is 1.93 bits per heavy atom. The maximum atomic E-state index is 13.3. The molecule has 1 atom stereocenters. The number of alkyl halides is 3. The van der Waals surface area contributed by atoms with Gasteiger partial charge in [0.2, 0.25) is 5.91 Å². The monoisotopic (exact) mass is 425 g/mol. The van der Waals surface area contributed by atoms with Crippen LogP contribution in [0, 0.1) is 0 Å². The van der Waals surface area contributed by atoms with Gasteiger partial charge in [0.05, 0.1) is 14.2 Å². The summed E-state index contributed by atoms with van der Waals surface area (Å²) in [6.07, 6.45) is -3.98. The Balaban J connectivity index is 0.00000392. The fraction of sp³-hybridized carbons (Fsp3) is 0.611. The van der Waals surface area contributed by atoms with Gasteiger partial charge in [-0.2, -0.15) is 13.2 Å². The van der Waals surface area contributed by atoms with Crippen LogP contribution in [0.25, 0.3) is 0 Å². The molecule has 160 valence electrons. The number of methoxy groups -OCH3 is 2. The first kappa shape index (κ1) is 24.3. The second kappa shape index (κ2) is 11.3. The quantitative estimate of drug-likeness (QED) is 0.667. The van der Waals surface area contributed by atoms with Crippen molar-refractivity contribution in [2.75, 3.05) is 46.9 Å². The molecular formula is C18H27ClF3N3O3. The zero-order valence-electron chi connectivity index (χ0n) is 16.0. The highest BCUT2D eigenvalue weighted by atomic mass is 35.5. The molecular weight excluding hydrogens is 399 g/mol. The van der Waals surface area contributed by atoms with Crippen molar-refractivity contribution < 1.29 is 27.4 Å². The predicted molar refractivity (Wildman–Crippen MR) is 102 cm³/mol. The van der Waals surface area contributed by atoms with E-state index in [0.717, 1.165) is 5.56 Å². The minimum atomic E-state index is -4.39. The molecule has 10 heteroatoms. The number of halogens is 4. The third-order valence-corrected chi connectivity index (χ3v) is 4.57. The third kappa shape index (κ3) is 7.03. The number of carbonyl (C=O) groups excluding carboxylic acids is 1. The molecule has 1 aromatic carbocycles. The SMILES string of the molecule is COc1ccc(OC)c(CCC(=O)NCC(N2CCNCC2)C(F)(F)F)c1.Cl. The van der Waals surface area contributed by atoms with Gasteiger partial charge in [0, 0.05) is 39.1 Å². The van der Waals surface area contributed by atoms with Gasteiger partial charge in [0.1, 0.15) is 17.5 Å². The number of hydrogen-bond donors (Lipinski definition) is 2. The lowest BCUT2D eigenvalue weighted by Crippen LogP contribution is -2.57. The number of carbonyl (C=O) groups is 1. The van der Waals surface area contributed by atoms with Gasteiger partial charge < -0.3 is 20.1 Å². The average molecular weight is 426 g/mol. The van der Waals surface area contributed by atoms with Gasteiger partial charge in [-0.15, -0.1) is 12.4 Å². The van der Waals surface area contributed by atoms with Crippen molar-refractivity contribution in [3.8, 4) is 11.5 Å². The average Bonchev–Trinajstić information content (AvgIpc) is 2.66. The molecule has 1 aliphatic rings. The summed E-state index contributed by atoms with van der Waals surface area (Å²) < 4.78 is 50.4. The highest BCUT2D eigenvalue weighted by Crippen LogP contribution is 2.26. The first-order valence-corrected chi connectivity index (χ1v) is 8.84. The summed E-state index contributed by atoms with van der Waals surface area (Å²) >= 11 is 0. The van der Waals surface area contributed by atoms with Gasteiger partial charge in [-0.3, -0.25) is 9.69 Å². The summed E-state index contributed by atoms with van der Waals surface area (Å²) in [6.45, 7) is 1.19. The fourth-order valence-corrected chi connectivity index (χ4v) is 3.07. The normalized spacial score (nSPS) is 16.0. The summed E-state index contributed by atoms with van der Waals surface area (Å²) in [5.74, 6) is 0.809. The van der Waals surface area contributed by atoms with E-state index in [4.69, 9.17) is 9.47 Å². The highest BCUT2D eigenvalue weighted by Gasteiger charge is 2.43. The zero-order chi connectivity index (χ0) is 19.9. The Kier molecular flexibility index (Phi) is 9.84. The van der Waals surface area contributed by atoms with Crippen molar-refractivity contribution in [1.82, 2.24) is 15.5 Å². The molecule has 1 unspecified atom stereocenters. The van der Waals surface area contributed by atoms with Gasteiger partial charge in [-0.05, 0) is 30.2 Å². The summed E-state index contributed by atoms with van der Waals surface area (Å²) in [4.78, 5) is 13.5. The number of nitrogens with zero attached hydrogens (tertiary/aromatic N) is 1. The van der Waals surface area contributed by atoms with E-state index in [9.17, 15) is 18.0 Å². The number of ether oxygens (including phenoxy) is 2. The number of hydrogen-bond acceptors (Lipinski definition) is 5. The van der Waals surface area contributed by atoms with Crippen molar-refractivity contribution in [3.63, 3.8) is 0 Å². The molecule has 0 aromatic heterocycles. The number of nitrogens with one attached hydrogen (secondary N) is 2. The Hall–Kier alpha value is -1.71. The second-order valence-electron chi connectivity index (χ2n) is 6.33. The highest BCUT2D eigenvalue weighted by molar-refractivity contribution is 5.85. The van der Waals surface area contributed by atoms with Crippen LogP contribution in [0.3, 0.4) is 0 Å². The first-order chi connectivity index (χ1) is 12.8. The molecule has 1 aromatic rings. The largest absolute Gasteiger partial charge is 0.497 e. The Morgan fingerprint density at radius 1 is 1.25 bits per heavy atom. The van der Waals surface area contributed by atoms with Gasteiger partial charge in [-0.1, -0.05) is 0 Å². The van der Waals surface area contributed by atoms with Crippen molar-refractivity contribution in [3.05, 3.63) is 23.8 Å². The molecule has 1 aliphatic heterocycles. The standard InChI is InChI=1S/C18H26F3N3O3.ClH/c1-26-14-4-5-15(27-2)13(11-14)3-6-17(25)23-12-16(18(19,20)21)24-9-7-22-8-10-24;/h4-5,11,16,22H,3,6-10,12H2,1-2H3,(H,23,25);1H. The molecule has 1 heterocycles. The topological polar surface area (TPSA) is 62.8 Å². The van der Waals surface area contributed by atoms with Crippen LogP contribution in [0.1, 0.15) is 12.0 Å². The van der Waals surface area contributed by atoms with Crippen LogP contribution in [-0.2, 0) is 11.2 Å². The molecule has 1 amide bonds. The number of amides is 1. The number of aryl methyl sites for hydroxylation is 1.